The number of nitrogens with zero attached hydrogens (tertiary/aromatic N) is 2. The van der Waals surface area contributed by atoms with E-state index >= 15 is 0 Å². The van der Waals surface area contributed by atoms with Crippen molar-refractivity contribution in [1.29, 1.82) is 0 Å². The minimum Gasteiger partial charge on any atom is -0.492 e. The Balaban J connectivity index is 1.66. The van der Waals surface area contributed by atoms with Crippen molar-refractivity contribution in [2.24, 2.45) is 7.05 Å². The minimum atomic E-state index is 0.324. The smallest absolute Gasteiger partial charge is 0.119 e. The first-order valence-corrected chi connectivity index (χ1v) is 7.05. The lowest BCUT2D eigenvalue weighted by Gasteiger charge is -2.15. The normalized spacial score (nSPS) is 12.3. The van der Waals surface area contributed by atoms with Crippen LogP contribution in [0.1, 0.15) is 18.2 Å². The zero-order chi connectivity index (χ0) is 14.4. The Morgan fingerprint density at radius 3 is 2.65 bits per heavy atom. The van der Waals surface area contributed by atoms with Crippen molar-refractivity contribution >= 4 is 0 Å². The number of aromatic nitrogens is 2. The fourth-order valence-electron chi connectivity index (χ4n) is 2.01. The molecule has 0 amide bonds. The van der Waals surface area contributed by atoms with Crippen molar-refractivity contribution in [3.8, 4) is 5.75 Å². The number of nitrogens with one attached hydrogen (secondary N) is 1. The molecule has 0 saturated carbocycles. The molecule has 4 nitrogen and oxygen atoms in total. The molecule has 0 bridgehead atoms. The lowest BCUT2D eigenvalue weighted by Crippen LogP contribution is -2.33. The monoisotopic (exact) mass is 273 g/mol. The summed E-state index contributed by atoms with van der Waals surface area (Å²) >= 11 is 0. The van der Waals surface area contributed by atoms with Crippen LogP contribution >= 0.6 is 0 Å². The Labute approximate surface area is 120 Å². The van der Waals surface area contributed by atoms with Gasteiger partial charge in [-0.05, 0) is 32.0 Å². The Morgan fingerprint density at radius 1 is 1.25 bits per heavy atom. The Morgan fingerprint density at radius 2 is 2.00 bits per heavy atom. The highest BCUT2D eigenvalue weighted by Crippen LogP contribution is 2.11. The van der Waals surface area contributed by atoms with Crippen LogP contribution in [-0.2, 0) is 13.5 Å². The molecule has 1 aromatic carbocycles. The molecule has 0 aliphatic heterocycles. The summed E-state index contributed by atoms with van der Waals surface area (Å²) in [5, 5.41) is 7.63. The lowest BCUT2D eigenvalue weighted by atomic mass is 10.2. The molecule has 1 aromatic heterocycles. The number of aryl methyl sites for hydroxylation is 2. The van der Waals surface area contributed by atoms with Gasteiger partial charge in [0.2, 0.25) is 0 Å². The Bertz CT molecular complexity index is 519. The van der Waals surface area contributed by atoms with E-state index in [4.69, 9.17) is 4.74 Å². The van der Waals surface area contributed by atoms with Gasteiger partial charge in [0.05, 0.1) is 0 Å². The summed E-state index contributed by atoms with van der Waals surface area (Å²) in [6.07, 6.45) is 2.81. The second kappa shape index (κ2) is 7.10. The second-order valence-corrected chi connectivity index (χ2v) is 5.18. The van der Waals surface area contributed by atoms with E-state index in [-0.39, 0.29) is 0 Å². The first-order valence-electron chi connectivity index (χ1n) is 7.05. The first kappa shape index (κ1) is 14.6. The van der Waals surface area contributed by atoms with Gasteiger partial charge in [-0.25, -0.2) is 0 Å². The average Bonchev–Trinajstić information content (AvgIpc) is 2.84. The summed E-state index contributed by atoms with van der Waals surface area (Å²) in [6, 6.07) is 10.5. The number of rotatable bonds is 7. The number of ether oxygens (including phenoxy) is 1. The van der Waals surface area contributed by atoms with Crippen LogP contribution in [0.3, 0.4) is 0 Å². The van der Waals surface area contributed by atoms with Gasteiger partial charge in [-0.15, -0.1) is 0 Å². The van der Waals surface area contributed by atoms with E-state index in [1.165, 1.54) is 11.3 Å². The molecule has 1 heterocycles. The van der Waals surface area contributed by atoms with Crippen LogP contribution < -0.4 is 10.1 Å². The van der Waals surface area contributed by atoms with Crippen molar-refractivity contribution in [3.05, 3.63) is 47.8 Å². The molecule has 0 aliphatic rings. The molecule has 108 valence electrons. The van der Waals surface area contributed by atoms with E-state index < -0.39 is 0 Å². The van der Waals surface area contributed by atoms with E-state index in [0.29, 0.717) is 12.6 Å². The molecule has 0 spiro atoms. The van der Waals surface area contributed by atoms with Gasteiger partial charge in [0.1, 0.15) is 12.4 Å². The molecule has 0 aliphatic carbocycles. The molecule has 1 atom stereocenters. The average molecular weight is 273 g/mol. The summed E-state index contributed by atoms with van der Waals surface area (Å²) in [6.45, 7) is 5.82. The zero-order valence-corrected chi connectivity index (χ0v) is 12.5. The van der Waals surface area contributed by atoms with Crippen LogP contribution in [-0.4, -0.2) is 29.0 Å². The molecule has 2 aromatic rings. The lowest BCUT2D eigenvalue weighted by molar-refractivity contribution is 0.273. The highest BCUT2D eigenvalue weighted by atomic mass is 16.5. The highest BCUT2D eigenvalue weighted by Gasteiger charge is 2.04. The molecule has 2 rings (SSSR count). The topological polar surface area (TPSA) is 39.1 Å². The largest absolute Gasteiger partial charge is 0.492 e. The van der Waals surface area contributed by atoms with Gasteiger partial charge in [0.15, 0.2) is 0 Å². The van der Waals surface area contributed by atoms with Crippen LogP contribution in [0.15, 0.2) is 36.5 Å². The quantitative estimate of drug-likeness (QED) is 0.841. The van der Waals surface area contributed by atoms with E-state index in [1.54, 1.807) is 0 Å². The van der Waals surface area contributed by atoms with E-state index in [2.05, 4.69) is 42.5 Å². The number of hydrogen-bond donors (Lipinski definition) is 1. The third kappa shape index (κ3) is 4.38. The highest BCUT2D eigenvalue weighted by molar-refractivity contribution is 5.26. The molecular weight excluding hydrogens is 250 g/mol. The van der Waals surface area contributed by atoms with Gasteiger partial charge >= 0.3 is 0 Å². The second-order valence-electron chi connectivity index (χ2n) is 5.18. The summed E-state index contributed by atoms with van der Waals surface area (Å²) in [5.74, 6) is 0.927. The summed E-state index contributed by atoms with van der Waals surface area (Å²) in [4.78, 5) is 0. The first-order chi connectivity index (χ1) is 9.65. The molecule has 20 heavy (non-hydrogen) atoms. The van der Waals surface area contributed by atoms with Crippen LogP contribution in [0.4, 0.5) is 0 Å². The maximum atomic E-state index is 5.75. The Hall–Kier alpha value is -1.81. The van der Waals surface area contributed by atoms with Gasteiger partial charge < -0.3 is 10.1 Å². The molecule has 1 N–H and O–H groups in total. The Kier molecular flexibility index (Phi) is 5.18. The summed E-state index contributed by atoms with van der Waals surface area (Å²) in [5.41, 5.74) is 2.49. The van der Waals surface area contributed by atoms with Gasteiger partial charge in [-0.1, -0.05) is 17.7 Å². The van der Waals surface area contributed by atoms with Crippen LogP contribution in [0.5, 0.6) is 5.75 Å². The van der Waals surface area contributed by atoms with Gasteiger partial charge in [0.25, 0.3) is 0 Å². The summed E-state index contributed by atoms with van der Waals surface area (Å²) in [7, 11) is 1.97. The van der Waals surface area contributed by atoms with E-state index in [9.17, 15) is 0 Å². The molecule has 0 radical (unpaired) electrons. The molecule has 0 saturated heterocycles. The zero-order valence-electron chi connectivity index (χ0n) is 12.5. The van der Waals surface area contributed by atoms with E-state index in [1.807, 2.05) is 30.1 Å². The fourth-order valence-corrected chi connectivity index (χ4v) is 2.01. The van der Waals surface area contributed by atoms with Gasteiger partial charge in [0, 0.05) is 37.9 Å². The van der Waals surface area contributed by atoms with Crippen LogP contribution in [0, 0.1) is 6.92 Å². The van der Waals surface area contributed by atoms with Crippen molar-refractivity contribution < 1.29 is 4.74 Å². The molecule has 0 fully saturated rings. The third-order valence-electron chi connectivity index (χ3n) is 3.32. The third-order valence-corrected chi connectivity index (χ3v) is 3.32. The van der Waals surface area contributed by atoms with Gasteiger partial charge in [-0.2, -0.15) is 5.10 Å². The van der Waals surface area contributed by atoms with Crippen molar-refractivity contribution in [3.63, 3.8) is 0 Å². The minimum absolute atomic E-state index is 0.324. The molecule has 4 heteroatoms. The van der Waals surface area contributed by atoms with Crippen molar-refractivity contribution in [2.75, 3.05) is 13.2 Å². The predicted molar refractivity (Wildman–Crippen MR) is 81.1 cm³/mol. The van der Waals surface area contributed by atoms with Crippen molar-refractivity contribution in [1.82, 2.24) is 15.1 Å². The number of hydrogen-bond acceptors (Lipinski definition) is 3. The SMILES string of the molecule is Cc1ccc(OCC(C)NCCc2ccnn2C)cc1. The maximum absolute atomic E-state index is 5.75. The summed E-state index contributed by atoms with van der Waals surface area (Å²) < 4.78 is 7.67. The van der Waals surface area contributed by atoms with Crippen molar-refractivity contribution in [2.45, 2.75) is 26.3 Å². The maximum Gasteiger partial charge on any atom is 0.119 e. The van der Waals surface area contributed by atoms with E-state index in [0.717, 1.165) is 18.7 Å². The standard InChI is InChI=1S/C16H23N3O/c1-13-4-6-16(7-5-13)20-12-14(2)17-10-8-15-9-11-18-19(15)3/h4-7,9,11,14,17H,8,10,12H2,1-3H3. The van der Waals surface area contributed by atoms with Crippen LogP contribution in [0.2, 0.25) is 0 Å². The fraction of sp³-hybridized carbons (Fsp3) is 0.438. The number of benzene rings is 1. The van der Waals surface area contributed by atoms with Gasteiger partial charge in [-0.3, -0.25) is 4.68 Å². The van der Waals surface area contributed by atoms with Crippen LogP contribution in [0.25, 0.3) is 0 Å². The molecule has 1 unspecified atom stereocenters. The molecular formula is C16H23N3O. The predicted octanol–water partition coefficient (Wildman–Crippen LogP) is 2.33.